The van der Waals surface area contributed by atoms with Gasteiger partial charge in [0.05, 0.1) is 0 Å². The molecule has 0 amide bonds. The van der Waals surface area contributed by atoms with Crippen LogP contribution in [0.1, 0.15) is 0 Å². The van der Waals surface area contributed by atoms with Gasteiger partial charge in [0.25, 0.3) is 0 Å². The van der Waals surface area contributed by atoms with E-state index in [-0.39, 0.29) is 48.3 Å². The van der Waals surface area contributed by atoms with Crippen molar-refractivity contribution in [2.45, 2.75) is 3.79 Å². The Labute approximate surface area is 90.7 Å². The van der Waals surface area contributed by atoms with E-state index in [9.17, 15) is 4.79 Å². The van der Waals surface area contributed by atoms with E-state index >= 15 is 0 Å². The maximum atomic E-state index is 9.43. The summed E-state index contributed by atoms with van der Waals surface area (Å²) in [6.07, 6.45) is 0.234. The molecule has 0 bridgehead atoms. The molecule has 0 aliphatic heterocycles. The fourth-order valence-electron chi connectivity index (χ4n) is 0. The van der Waals surface area contributed by atoms with Crippen molar-refractivity contribution in [1.82, 2.24) is 0 Å². The predicted molar refractivity (Wildman–Crippen MR) is 26.4 cm³/mol. The van der Waals surface area contributed by atoms with Crippen LogP contribution in [0, 0.1) is 0 Å². The van der Waals surface area contributed by atoms with E-state index in [1.807, 2.05) is 0 Å². The van der Waals surface area contributed by atoms with Crippen LogP contribution in [0.5, 0.6) is 0 Å². The third-order valence-electron chi connectivity index (χ3n) is 0.134. The first-order valence-electron chi connectivity index (χ1n) is 1.09. The molecule has 0 saturated carbocycles. The van der Waals surface area contributed by atoms with E-state index in [0.29, 0.717) is 0 Å². The van der Waals surface area contributed by atoms with Gasteiger partial charge >= 0.3 is 29.6 Å². The Morgan fingerprint density at radius 2 is 1.38 bits per heavy atom. The molecule has 0 fully saturated rings. The number of rotatable bonds is 0. The summed E-state index contributed by atoms with van der Waals surface area (Å²) in [5.41, 5.74) is 0. The van der Waals surface area contributed by atoms with Crippen molar-refractivity contribution < 1.29 is 46.8 Å². The van der Waals surface area contributed by atoms with Crippen molar-refractivity contribution in [2.75, 3.05) is 0 Å². The summed E-state index contributed by atoms with van der Waals surface area (Å²) in [6.45, 7) is 0. The van der Waals surface area contributed by atoms with Crippen molar-refractivity contribution in [2.24, 2.45) is 0 Å². The average Bonchev–Trinajstić information content (AvgIpc) is 1.35. The summed E-state index contributed by atoms with van der Waals surface area (Å²) >= 11 is 14.6. The van der Waals surface area contributed by atoms with Crippen molar-refractivity contribution in [1.29, 1.82) is 0 Å². The molecule has 44 valence electrons. The fourth-order valence-corrected chi connectivity index (χ4v) is 0. The van der Waals surface area contributed by atoms with Gasteiger partial charge in [-0.1, -0.05) is 34.8 Å². The molecular formula is C2HCl4NaO. The van der Waals surface area contributed by atoms with Crippen molar-refractivity contribution in [3.8, 4) is 0 Å². The van der Waals surface area contributed by atoms with E-state index in [0.717, 1.165) is 0 Å². The standard InChI is InChI=1S/C2HCl3O.ClH.Na/c3-2(4,5)1-6;;/h1H;1H;/q;;+1/p-1. The molecular weight excluding hydrogens is 205 g/mol. The van der Waals surface area contributed by atoms with E-state index < -0.39 is 3.79 Å². The van der Waals surface area contributed by atoms with Gasteiger partial charge < -0.3 is 12.4 Å². The van der Waals surface area contributed by atoms with Crippen LogP contribution in [0.15, 0.2) is 0 Å². The topological polar surface area (TPSA) is 17.1 Å². The number of aldehydes is 1. The number of halogens is 4. The molecule has 0 radical (unpaired) electrons. The number of carbonyl (C=O) groups excluding carboxylic acids is 1. The number of carbonyl (C=O) groups is 1. The second kappa shape index (κ2) is 6.94. The Balaban J connectivity index is -0.000000125. The van der Waals surface area contributed by atoms with E-state index in [1.165, 1.54) is 0 Å². The van der Waals surface area contributed by atoms with Gasteiger partial charge in [-0.15, -0.1) is 0 Å². The third kappa shape index (κ3) is 15.7. The molecule has 0 aromatic rings. The normalized spacial score (nSPS) is 8.38. The van der Waals surface area contributed by atoms with Crippen LogP contribution in [0.4, 0.5) is 0 Å². The van der Waals surface area contributed by atoms with Crippen LogP contribution in [0.2, 0.25) is 0 Å². The van der Waals surface area contributed by atoms with Gasteiger partial charge in [0.2, 0.25) is 3.79 Å². The maximum absolute atomic E-state index is 9.43. The zero-order valence-corrected chi connectivity index (χ0v) is 9.02. The maximum Gasteiger partial charge on any atom is 1.00 e. The Morgan fingerprint density at radius 3 is 1.38 bits per heavy atom. The fraction of sp³-hybridized carbons (Fsp3) is 0.500. The third-order valence-corrected chi connectivity index (χ3v) is 0.401. The summed E-state index contributed by atoms with van der Waals surface area (Å²) in [6, 6.07) is 0. The first-order chi connectivity index (χ1) is 2.56. The zero-order chi connectivity index (χ0) is 5.21. The Kier molecular flexibility index (Phi) is 14.3. The molecule has 0 aliphatic carbocycles. The zero-order valence-electron chi connectivity index (χ0n) is 4.00. The molecule has 0 unspecified atom stereocenters. The second-order valence-electron chi connectivity index (χ2n) is 0.659. The molecule has 0 aromatic carbocycles. The van der Waals surface area contributed by atoms with Gasteiger partial charge in [-0.25, -0.2) is 0 Å². The Bertz CT molecular complexity index is 59.5. The Morgan fingerprint density at radius 1 is 1.25 bits per heavy atom. The van der Waals surface area contributed by atoms with Crippen LogP contribution >= 0.6 is 34.8 Å². The molecule has 8 heavy (non-hydrogen) atoms. The summed E-state index contributed by atoms with van der Waals surface area (Å²) < 4.78 is -1.72. The summed E-state index contributed by atoms with van der Waals surface area (Å²) in [7, 11) is 0. The summed E-state index contributed by atoms with van der Waals surface area (Å²) in [4.78, 5) is 9.43. The SMILES string of the molecule is O=CC(Cl)(Cl)Cl.[Cl-].[Na+]. The minimum absolute atomic E-state index is 0. The van der Waals surface area contributed by atoms with Crippen LogP contribution in [0.3, 0.4) is 0 Å². The van der Waals surface area contributed by atoms with Crippen LogP contribution in [0.25, 0.3) is 0 Å². The molecule has 0 N–H and O–H groups in total. The number of alkyl halides is 3. The minimum atomic E-state index is -1.72. The second-order valence-corrected chi connectivity index (χ2v) is 3.03. The largest absolute Gasteiger partial charge is 1.00 e. The molecule has 0 heterocycles. The Hall–Kier alpha value is 1.83. The van der Waals surface area contributed by atoms with Gasteiger partial charge in [-0.2, -0.15) is 0 Å². The molecule has 0 spiro atoms. The first-order valence-corrected chi connectivity index (χ1v) is 2.23. The van der Waals surface area contributed by atoms with Crippen LogP contribution < -0.4 is 42.0 Å². The van der Waals surface area contributed by atoms with E-state index in [4.69, 9.17) is 34.8 Å². The first kappa shape index (κ1) is 16.4. The predicted octanol–water partition coefficient (Wildman–Crippen LogP) is -4.44. The van der Waals surface area contributed by atoms with Crippen LogP contribution in [-0.4, -0.2) is 10.1 Å². The molecule has 0 rings (SSSR count). The van der Waals surface area contributed by atoms with Crippen LogP contribution in [-0.2, 0) is 4.79 Å². The van der Waals surface area contributed by atoms with Gasteiger partial charge in [-0.05, 0) is 0 Å². The van der Waals surface area contributed by atoms with Gasteiger partial charge in [0, 0.05) is 0 Å². The minimum Gasteiger partial charge on any atom is -1.00 e. The van der Waals surface area contributed by atoms with Gasteiger partial charge in [0.15, 0.2) is 6.29 Å². The quantitative estimate of drug-likeness (QED) is 0.222. The van der Waals surface area contributed by atoms with Gasteiger partial charge in [-0.3, -0.25) is 4.79 Å². The number of hydrogen-bond donors (Lipinski definition) is 0. The molecule has 6 heteroatoms. The van der Waals surface area contributed by atoms with E-state index in [2.05, 4.69) is 0 Å². The average molecular weight is 206 g/mol. The number of hydrogen-bond acceptors (Lipinski definition) is 1. The smallest absolute Gasteiger partial charge is 1.00 e. The monoisotopic (exact) mass is 204 g/mol. The summed E-state index contributed by atoms with van der Waals surface area (Å²) in [5.74, 6) is 0. The molecule has 0 aromatic heterocycles. The molecule has 0 saturated heterocycles. The van der Waals surface area contributed by atoms with Crippen molar-refractivity contribution in [3.63, 3.8) is 0 Å². The van der Waals surface area contributed by atoms with Crippen molar-refractivity contribution in [3.05, 3.63) is 0 Å². The molecule has 0 atom stereocenters. The summed E-state index contributed by atoms with van der Waals surface area (Å²) in [5, 5.41) is 0. The molecule has 1 nitrogen and oxygen atoms in total. The van der Waals surface area contributed by atoms with Crippen molar-refractivity contribution >= 4 is 41.1 Å². The van der Waals surface area contributed by atoms with E-state index in [1.54, 1.807) is 0 Å². The molecule has 0 aliphatic rings. The van der Waals surface area contributed by atoms with Gasteiger partial charge in [0.1, 0.15) is 0 Å².